The number of fused-ring (bicyclic) bond motifs is 1. The summed E-state index contributed by atoms with van der Waals surface area (Å²) in [4.78, 5) is 11.6. The van der Waals surface area contributed by atoms with E-state index >= 15 is 0 Å². The topological polar surface area (TPSA) is 17.1 Å². The molecule has 1 fully saturated rings. The third-order valence-corrected chi connectivity index (χ3v) is 4.05. The minimum atomic E-state index is 0.00597. The lowest BCUT2D eigenvalue weighted by atomic mass is 9.79. The van der Waals surface area contributed by atoms with Gasteiger partial charge < -0.3 is 0 Å². The Kier molecular flexibility index (Phi) is 1.95. The molecule has 2 rings (SSSR count). The average molecular weight is 190 g/mol. The first kappa shape index (κ1) is 9.70. The first-order valence-electron chi connectivity index (χ1n) is 5.42. The molecule has 0 aromatic rings. The van der Waals surface area contributed by atoms with Gasteiger partial charge >= 0.3 is 0 Å². The fourth-order valence-electron chi connectivity index (χ4n) is 2.94. The summed E-state index contributed by atoms with van der Waals surface area (Å²) < 4.78 is 0. The van der Waals surface area contributed by atoms with Crippen LogP contribution in [0.25, 0.3) is 0 Å². The van der Waals surface area contributed by atoms with E-state index in [1.165, 1.54) is 12.0 Å². The van der Waals surface area contributed by atoms with Crippen molar-refractivity contribution in [1.29, 1.82) is 0 Å². The molecule has 0 aromatic carbocycles. The highest BCUT2D eigenvalue weighted by Crippen LogP contribution is 2.56. The van der Waals surface area contributed by atoms with Crippen molar-refractivity contribution in [2.24, 2.45) is 17.3 Å². The first-order chi connectivity index (χ1) is 6.47. The maximum Gasteiger partial charge on any atom is 0.182 e. The van der Waals surface area contributed by atoms with Gasteiger partial charge in [-0.25, -0.2) is 0 Å². The summed E-state index contributed by atoms with van der Waals surface area (Å²) in [6.45, 7) is 10.6. The SMILES string of the molecule is C=C1C(=O)C=C2[C@@H](C(C)C)CC[C@@]12C. The summed E-state index contributed by atoms with van der Waals surface area (Å²) in [7, 11) is 0. The molecule has 0 radical (unpaired) electrons. The summed E-state index contributed by atoms with van der Waals surface area (Å²) in [5.41, 5.74) is 2.17. The van der Waals surface area contributed by atoms with Crippen LogP contribution >= 0.6 is 0 Å². The Morgan fingerprint density at radius 3 is 2.79 bits per heavy atom. The van der Waals surface area contributed by atoms with Crippen molar-refractivity contribution in [2.45, 2.75) is 33.6 Å². The highest BCUT2D eigenvalue weighted by atomic mass is 16.1. The van der Waals surface area contributed by atoms with Gasteiger partial charge in [0.05, 0.1) is 0 Å². The van der Waals surface area contributed by atoms with Crippen LogP contribution in [0.4, 0.5) is 0 Å². The van der Waals surface area contributed by atoms with E-state index in [0.29, 0.717) is 11.8 Å². The molecule has 76 valence electrons. The second kappa shape index (κ2) is 2.82. The highest BCUT2D eigenvalue weighted by molar-refractivity contribution is 6.09. The number of hydrogen-bond acceptors (Lipinski definition) is 1. The quantitative estimate of drug-likeness (QED) is 0.581. The third kappa shape index (κ3) is 1.05. The zero-order valence-electron chi connectivity index (χ0n) is 9.26. The van der Waals surface area contributed by atoms with Crippen LogP contribution in [0.3, 0.4) is 0 Å². The predicted octanol–water partition coefficient (Wildman–Crippen LogP) is 3.12. The molecule has 0 spiro atoms. The largest absolute Gasteiger partial charge is 0.290 e. The van der Waals surface area contributed by atoms with Gasteiger partial charge in [0.1, 0.15) is 0 Å². The molecule has 1 saturated carbocycles. The number of carbonyl (C=O) groups excluding carboxylic acids is 1. The molecule has 1 nitrogen and oxygen atoms in total. The molecular formula is C13H18O. The van der Waals surface area contributed by atoms with Gasteiger partial charge in [-0.05, 0) is 30.8 Å². The van der Waals surface area contributed by atoms with Crippen molar-refractivity contribution in [3.63, 3.8) is 0 Å². The number of rotatable bonds is 1. The minimum absolute atomic E-state index is 0.00597. The standard InChI is InChI=1S/C13H18O/c1-8(2)10-5-6-13(4)9(3)12(14)7-11(10)13/h7-8,10H,3,5-6H2,1-2,4H3/t10-,13+/m1/s1. The van der Waals surface area contributed by atoms with E-state index in [1.54, 1.807) is 0 Å². The van der Waals surface area contributed by atoms with Crippen LogP contribution in [0, 0.1) is 17.3 Å². The summed E-state index contributed by atoms with van der Waals surface area (Å²) in [6, 6.07) is 0. The molecular weight excluding hydrogens is 172 g/mol. The lowest BCUT2D eigenvalue weighted by Gasteiger charge is -2.24. The fraction of sp³-hybridized carbons (Fsp3) is 0.615. The number of allylic oxidation sites excluding steroid dienone is 3. The Hall–Kier alpha value is -0.850. The molecule has 14 heavy (non-hydrogen) atoms. The molecule has 0 amide bonds. The van der Waals surface area contributed by atoms with Gasteiger partial charge in [-0.2, -0.15) is 0 Å². The Bertz CT molecular complexity index is 335. The highest BCUT2D eigenvalue weighted by Gasteiger charge is 2.48. The first-order valence-corrected chi connectivity index (χ1v) is 5.42. The summed E-state index contributed by atoms with van der Waals surface area (Å²) in [5.74, 6) is 1.40. The number of carbonyl (C=O) groups is 1. The van der Waals surface area contributed by atoms with Gasteiger partial charge in [-0.15, -0.1) is 0 Å². The van der Waals surface area contributed by atoms with E-state index in [9.17, 15) is 4.79 Å². The normalized spacial score (nSPS) is 36.6. The molecule has 0 unspecified atom stereocenters. The zero-order valence-corrected chi connectivity index (χ0v) is 9.26. The van der Waals surface area contributed by atoms with E-state index in [-0.39, 0.29) is 11.2 Å². The van der Waals surface area contributed by atoms with Crippen molar-refractivity contribution >= 4 is 5.78 Å². The second-order valence-electron chi connectivity index (χ2n) is 5.16. The lowest BCUT2D eigenvalue weighted by Crippen LogP contribution is -2.16. The smallest absolute Gasteiger partial charge is 0.182 e. The van der Waals surface area contributed by atoms with Crippen molar-refractivity contribution in [2.75, 3.05) is 0 Å². The molecule has 2 atom stereocenters. The van der Waals surface area contributed by atoms with Crippen LogP contribution in [-0.4, -0.2) is 5.78 Å². The van der Waals surface area contributed by atoms with E-state index < -0.39 is 0 Å². The van der Waals surface area contributed by atoms with Gasteiger partial charge in [0.2, 0.25) is 0 Å². The molecule has 0 N–H and O–H groups in total. The predicted molar refractivity (Wildman–Crippen MR) is 57.9 cm³/mol. The molecule has 0 heterocycles. The Labute approximate surface area is 85.9 Å². The second-order valence-corrected chi connectivity index (χ2v) is 5.16. The van der Waals surface area contributed by atoms with Crippen LogP contribution in [0.5, 0.6) is 0 Å². The monoisotopic (exact) mass is 190 g/mol. The van der Waals surface area contributed by atoms with Gasteiger partial charge in [-0.1, -0.05) is 32.9 Å². The summed E-state index contributed by atoms with van der Waals surface area (Å²) in [6.07, 6.45) is 4.17. The summed E-state index contributed by atoms with van der Waals surface area (Å²) in [5, 5.41) is 0. The third-order valence-electron chi connectivity index (χ3n) is 4.05. The van der Waals surface area contributed by atoms with Crippen LogP contribution in [0.2, 0.25) is 0 Å². The van der Waals surface area contributed by atoms with E-state index in [1.807, 2.05) is 6.08 Å². The molecule has 0 saturated heterocycles. The van der Waals surface area contributed by atoms with Gasteiger partial charge in [-0.3, -0.25) is 4.79 Å². The van der Waals surface area contributed by atoms with Crippen LogP contribution in [0.15, 0.2) is 23.8 Å². The van der Waals surface area contributed by atoms with Crippen LogP contribution in [0.1, 0.15) is 33.6 Å². The number of ketones is 1. The Morgan fingerprint density at radius 1 is 1.57 bits per heavy atom. The number of hydrogen-bond donors (Lipinski definition) is 0. The maximum absolute atomic E-state index is 11.6. The Balaban J connectivity index is 2.41. The van der Waals surface area contributed by atoms with Gasteiger partial charge in [0, 0.05) is 11.0 Å². The zero-order chi connectivity index (χ0) is 10.5. The lowest BCUT2D eigenvalue weighted by molar-refractivity contribution is -0.111. The summed E-state index contributed by atoms with van der Waals surface area (Å²) >= 11 is 0. The molecule has 1 heteroatoms. The van der Waals surface area contributed by atoms with Gasteiger partial charge in [0.25, 0.3) is 0 Å². The van der Waals surface area contributed by atoms with Crippen LogP contribution < -0.4 is 0 Å². The van der Waals surface area contributed by atoms with E-state index in [4.69, 9.17) is 0 Å². The van der Waals surface area contributed by atoms with E-state index in [2.05, 4.69) is 27.4 Å². The molecule has 0 aromatic heterocycles. The van der Waals surface area contributed by atoms with Crippen molar-refractivity contribution in [1.82, 2.24) is 0 Å². The van der Waals surface area contributed by atoms with Crippen LogP contribution in [-0.2, 0) is 4.79 Å². The Morgan fingerprint density at radius 2 is 2.21 bits per heavy atom. The van der Waals surface area contributed by atoms with E-state index in [0.717, 1.165) is 12.0 Å². The minimum Gasteiger partial charge on any atom is -0.290 e. The molecule has 2 aliphatic rings. The van der Waals surface area contributed by atoms with Crippen molar-refractivity contribution < 1.29 is 4.79 Å². The van der Waals surface area contributed by atoms with Crippen molar-refractivity contribution in [3.8, 4) is 0 Å². The van der Waals surface area contributed by atoms with Crippen molar-refractivity contribution in [3.05, 3.63) is 23.8 Å². The molecule has 0 aliphatic heterocycles. The maximum atomic E-state index is 11.6. The van der Waals surface area contributed by atoms with Gasteiger partial charge in [0.15, 0.2) is 5.78 Å². The molecule has 2 aliphatic carbocycles. The molecule has 0 bridgehead atoms. The average Bonchev–Trinajstić information content (AvgIpc) is 2.52. The fourth-order valence-corrected chi connectivity index (χ4v) is 2.94.